The van der Waals surface area contributed by atoms with Gasteiger partial charge in [0.2, 0.25) is 5.78 Å². The average Bonchev–Trinajstić information content (AvgIpc) is 3.11. The van der Waals surface area contributed by atoms with Gasteiger partial charge in [0.05, 0.1) is 12.5 Å². The van der Waals surface area contributed by atoms with Crippen molar-refractivity contribution in [2.45, 2.75) is 25.5 Å². The van der Waals surface area contributed by atoms with Crippen LogP contribution in [0.2, 0.25) is 5.02 Å². The lowest BCUT2D eigenvalue weighted by molar-refractivity contribution is -0.146. The van der Waals surface area contributed by atoms with E-state index in [1.54, 1.807) is 30.5 Å². The molecule has 2 atom stereocenters. The molecule has 150 valence electrons. The van der Waals surface area contributed by atoms with Gasteiger partial charge >= 0.3 is 12.0 Å². The van der Waals surface area contributed by atoms with Crippen molar-refractivity contribution in [1.82, 2.24) is 10.3 Å². The van der Waals surface area contributed by atoms with Gasteiger partial charge in [0, 0.05) is 27.7 Å². The number of ether oxygens (including phenoxy) is 1. The van der Waals surface area contributed by atoms with E-state index in [1.165, 1.54) is 6.92 Å². The molecule has 0 aliphatic carbocycles. The van der Waals surface area contributed by atoms with Crippen LogP contribution in [0.5, 0.6) is 0 Å². The van der Waals surface area contributed by atoms with Crippen molar-refractivity contribution in [3.8, 4) is 0 Å². The topological polar surface area (TPSA) is 114 Å². The summed E-state index contributed by atoms with van der Waals surface area (Å²) in [7, 11) is 0. The molecule has 29 heavy (non-hydrogen) atoms. The summed E-state index contributed by atoms with van der Waals surface area (Å²) in [5.74, 6) is -0.957. The van der Waals surface area contributed by atoms with Gasteiger partial charge in [0.25, 0.3) is 0 Å². The molecule has 4 N–H and O–H groups in total. The maximum atomic E-state index is 12.7. The second kappa shape index (κ2) is 8.79. The highest BCUT2D eigenvalue weighted by atomic mass is 35.5. The Hall–Kier alpha value is -3.32. The van der Waals surface area contributed by atoms with Crippen LogP contribution in [0.4, 0.5) is 4.79 Å². The molecule has 0 unspecified atom stereocenters. The molecule has 0 bridgehead atoms. The summed E-state index contributed by atoms with van der Waals surface area (Å²) in [6, 6.07) is 12.5. The normalized spacial score (nSPS) is 12.9. The second-order valence-corrected chi connectivity index (χ2v) is 7.00. The fraction of sp³-hybridized carbons (Fsp3) is 0.190. The van der Waals surface area contributed by atoms with Crippen molar-refractivity contribution in [1.29, 1.82) is 0 Å². The molecular weight excluding hydrogens is 394 g/mol. The number of Topliss-reactive ketones (excluding diaryl/α,β-unsaturated/α-hetero) is 1. The average molecular weight is 414 g/mol. The van der Waals surface area contributed by atoms with Crippen molar-refractivity contribution in [3.63, 3.8) is 0 Å². The predicted octanol–water partition coefficient (Wildman–Crippen LogP) is 3.74. The monoisotopic (exact) mass is 413 g/mol. The SMILES string of the molecule is C[C@@H](OC(=O)C[C@H](NC(N)=O)c1ccc(Cl)cc1)C(=O)c1c[nH]c2ccccc12. The van der Waals surface area contributed by atoms with E-state index >= 15 is 0 Å². The lowest BCUT2D eigenvalue weighted by atomic mass is 10.0. The number of primary amides is 1. The molecule has 7 nitrogen and oxygen atoms in total. The first-order valence-electron chi connectivity index (χ1n) is 8.96. The van der Waals surface area contributed by atoms with Gasteiger partial charge in [-0.1, -0.05) is 41.9 Å². The number of nitrogens with one attached hydrogen (secondary N) is 2. The largest absolute Gasteiger partial charge is 0.454 e. The first-order valence-corrected chi connectivity index (χ1v) is 9.34. The van der Waals surface area contributed by atoms with Crippen LogP contribution in [0, 0.1) is 0 Å². The lowest BCUT2D eigenvalue weighted by Crippen LogP contribution is -2.35. The molecule has 2 aromatic carbocycles. The molecule has 2 amide bonds. The highest BCUT2D eigenvalue weighted by Gasteiger charge is 2.25. The Morgan fingerprint density at radius 1 is 1.14 bits per heavy atom. The number of hydrogen-bond acceptors (Lipinski definition) is 4. The summed E-state index contributed by atoms with van der Waals surface area (Å²) >= 11 is 5.88. The highest BCUT2D eigenvalue weighted by molar-refractivity contribution is 6.30. The van der Waals surface area contributed by atoms with Gasteiger partial charge in [0.1, 0.15) is 0 Å². The minimum absolute atomic E-state index is 0.184. The van der Waals surface area contributed by atoms with Gasteiger partial charge in [-0.05, 0) is 30.7 Å². The number of ketones is 1. The standard InChI is InChI=1S/C21H20ClN3O4/c1-12(20(27)16-11-24-17-5-3-2-4-15(16)17)29-19(26)10-18(25-21(23)28)13-6-8-14(22)9-7-13/h2-9,11-12,18,24H,10H2,1H3,(H3,23,25,28)/t12-,18+/m1/s1. The van der Waals surface area contributed by atoms with E-state index in [9.17, 15) is 14.4 Å². The molecule has 0 aliphatic heterocycles. The number of carbonyl (C=O) groups excluding carboxylic acids is 3. The second-order valence-electron chi connectivity index (χ2n) is 6.56. The number of esters is 1. The number of rotatable bonds is 7. The summed E-state index contributed by atoms with van der Waals surface area (Å²) in [4.78, 5) is 39.5. The number of hydrogen-bond donors (Lipinski definition) is 3. The van der Waals surface area contributed by atoms with Crippen LogP contribution >= 0.6 is 11.6 Å². The van der Waals surface area contributed by atoms with Crippen LogP contribution in [0.1, 0.15) is 35.3 Å². The molecule has 1 heterocycles. The van der Waals surface area contributed by atoms with Crippen molar-refractivity contribution < 1.29 is 19.1 Å². The number of nitrogens with two attached hydrogens (primary N) is 1. The number of fused-ring (bicyclic) bond motifs is 1. The minimum Gasteiger partial charge on any atom is -0.454 e. The van der Waals surface area contributed by atoms with Gasteiger partial charge in [-0.2, -0.15) is 0 Å². The van der Waals surface area contributed by atoms with Crippen LogP contribution in [-0.4, -0.2) is 28.9 Å². The number of halogens is 1. The third-order valence-electron chi connectivity index (χ3n) is 4.49. The fourth-order valence-corrected chi connectivity index (χ4v) is 3.20. The fourth-order valence-electron chi connectivity index (χ4n) is 3.08. The summed E-state index contributed by atoms with van der Waals surface area (Å²) in [6.07, 6.45) is 0.430. The van der Waals surface area contributed by atoms with Crippen molar-refractivity contribution >= 4 is 40.3 Å². The zero-order chi connectivity index (χ0) is 21.0. The number of H-pyrrole nitrogens is 1. The first-order chi connectivity index (χ1) is 13.8. The smallest absolute Gasteiger partial charge is 0.312 e. The number of carbonyl (C=O) groups is 3. The van der Waals surface area contributed by atoms with E-state index < -0.39 is 24.1 Å². The van der Waals surface area contributed by atoms with Crippen LogP contribution in [0.3, 0.4) is 0 Å². The van der Waals surface area contributed by atoms with E-state index in [1.807, 2.05) is 24.3 Å². The molecule has 3 rings (SSSR count). The van der Waals surface area contributed by atoms with Gasteiger partial charge in [-0.3, -0.25) is 9.59 Å². The van der Waals surface area contributed by atoms with Crippen LogP contribution in [0.25, 0.3) is 10.9 Å². The number of benzene rings is 2. The summed E-state index contributed by atoms with van der Waals surface area (Å²) in [5.41, 5.74) is 7.13. The number of amides is 2. The minimum atomic E-state index is -0.985. The van der Waals surface area contributed by atoms with Crippen LogP contribution in [0.15, 0.2) is 54.7 Å². The van der Waals surface area contributed by atoms with Gasteiger partial charge < -0.3 is 20.8 Å². The van der Waals surface area contributed by atoms with E-state index in [0.717, 1.165) is 10.9 Å². The molecule has 0 radical (unpaired) electrons. The van der Waals surface area contributed by atoms with E-state index in [4.69, 9.17) is 22.1 Å². The summed E-state index contributed by atoms with van der Waals surface area (Å²) < 4.78 is 5.32. The Kier molecular flexibility index (Phi) is 6.19. The molecular formula is C21H20ClN3O4. The van der Waals surface area contributed by atoms with Gasteiger partial charge in [-0.15, -0.1) is 0 Å². The number of para-hydroxylation sites is 1. The Bertz CT molecular complexity index is 1050. The molecule has 0 spiro atoms. The van der Waals surface area contributed by atoms with Crippen molar-refractivity contribution in [2.24, 2.45) is 5.73 Å². The molecule has 0 saturated heterocycles. The Morgan fingerprint density at radius 2 is 1.83 bits per heavy atom. The maximum Gasteiger partial charge on any atom is 0.312 e. The third-order valence-corrected chi connectivity index (χ3v) is 4.74. The number of aromatic nitrogens is 1. The Labute approximate surface area is 172 Å². The van der Waals surface area contributed by atoms with E-state index in [-0.39, 0.29) is 12.2 Å². The van der Waals surface area contributed by atoms with E-state index in [0.29, 0.717) is 16.1 Å². The molecule has 1 aromatic heterocycles. The lowest BCUT2D eigenvalue weighted by Gasteiger charge is -2.19. The van der Waals surface area contributed by atoms with Crippen molar-refractivity contribution in [3.05, 3.63) is 70.9 Å². The van der Waals surface area contributed by atoms with Gasteiger partial charge in [-0.25, -0.2) is 4.79 Å². The summed E-state index contributed by atoms with van der Waals surface area (Å²) in [5, 5.41) is 3.79. The molecule has 0 fully saturated rings. The molecule has 8 heteroatoms. The Morgan fingerprint density at radius 3 is 2.52 bits per heavy atom. The van der Waals surface area contributed by atoms with Gasteiger partial charge in [0.15, 0.2) is 6.10 Å². The quantitative estimate of drug-likeness (QED) is 0.404. The van der Waals surface area contributed by atoms with E-state index in [2.05, 4.69) is 10.3 Å². The number of urea groups is 1. The Balaban J connectivity index is 1.69. The molecule has 0 saturated carbocycles. The van der Waals surface area contributed by atoms with Crippen LogP contribution in [-0.2, 0) is 9.53 Å². The molecule has 0 aliphatic rings. The zero-order valence-electron chi connectivity index (χ0n) is 15.6. The molecule has 3 aromatic rings. The van der Waals surface area contributed by atoms with Crippen molar-refractivity contribution in [2.75, 3.05) is 0 Å². The number of aromatic amines is 1. The maximum absolute atomic E-state index is 12.7. The van der Waals surface area contributed by atoms with Crippen LogP contribution < -0.4 is 11.1 Å². The predicted molar refractivity (Wildman–Crippen MR) is 110 cm³/mol. The third kappa shape index (κ3) is 4.94. The summed E-state index contributed by atoms with van der Waals surface area (Å²) in [6.45, 7) is 1.51. The highest BCUT2D eigenvalue weighted by Crippen LogP contribution is 2.22. The first kappa shape index (κ1) is 20.4. The zero-order valence-corrected chi connectivity index (χ0v) is 16.4.